The molecule has 1 atom stereocenters. The number of dihydropyridines is 1. The molecule has 3 aromatic rings. The molecule has 1 aliphatic rings. The minimum absolute atomic E-state index is 0.350. The second kappa shape index (κ2) is 11.6. The molecule has 4 rings (SSSR count). The highest BCUT2D eigenvalue weighted by Gasteiger charge is 2.36. The van der Waals surface area contributed by atoms with Crippen LogP contribution in [0.1, 0.15) is 24.0 Å². The molecule has 36 heavy (non-hydrogen) atoms. The van der Waals surface area contributed by atoms with Gasteiger partial charge >= 0.3 is 0 Å². The van der Waals surface area contributed by atoms with Crippen LogP contribution < -0.4 is 15.4 Å². The predicted octanol–water partition coefficient (Wildman–Crippen LogP) is 7.27. The topological polar surface area (TPSA) is 74.2 Å². The van der Waals surface area contributed by atoms with E-state index in [1.54, 1.807) is 25.3 Å². The fraction of sp³-hybridized carbons (Fsp3) is 0.143. The molecule has 5 nitrogen and oxygen atoms in total. The Morgan fingerprint density at radius 2 is 1.72 bits per heavy atom. The molecular weight excluding hydrogens is 513 g/mol. The number of anilines is 1. The summed E-state index contributed by atoms with van der Waals surface area (Å²) in [6.45, 7) is 1.82. The lowest BCUT2D eigenvalue weighted by Gasteiger charge is -2.30. The Balaban J connectivity index is 1.75. The second-order valence-electron chi connectivity index (χ2n) is 8.01. The van der Waals surface area contributed by atoms with E-state index in [4.69, 9.17) is 27.9 Å². The van der Waals surface area contributed by atoms with E-state index in [9.17, 15) is 10.1 Å². The highest BCUT2D eigenvalue weighted by molar-refractivity contribution is 8.02. The fourth-order valence-corrected chi connectivity index (χ4v) is 5.67. The quantitative estimate of drug-likeness (QED) is 0.332. The summed E-state index contributed by atoms with van der Waals surface area (Å²) in [6.07, 6.45) is 0. The Morgan fingerprint density at radius 3 is 2.42 bits per heavy atom. The van der Waals surface area contributed by atoms with Crippen LogP contribution in [0.5, 0.6) is 5.75 Å². The number of para-hydroxylation sites is 2. The fourth-order valence-electron chi connectivity index (χ4n) is 4.05. The largest absolute Gasteiger partial charge is 0.495 e. The maximum absolute atomic E-state index is 13.7. The lowest BCUT2D eigenvalue weighted by atomic mass is 9.82. The third kappa shape index (κ3) is 5.39. The summed E-state index contributed by atoms with van der Waals surface area (Å²) in [5.74, 6) is 0.0817. The molecule has 0 radical (unpaired) electrons. The molecule has 0 saturated carbocycles. The van der Waals surface area contributed by atoms with E-state index < -0.39 is 5.92 Å². The molecule has 1 amide bonds. The van der Waals surface area contributed by atoms with Gasteiger partial charge in [-0.25, -0.2) is 0 Å². The van der Waals surface area contributed by atoms with E-state index in [1.807, 2.05) is 61.5 Å². The van der Waals surface area contributed by atoms with Gasteiger partial charge in [-0.2, -0.15) is 5.26 Å². The normalized spacial score (nSPS) is 15.2. The van der Waals surface area contributed by atoms with Crippen molar-refractivity contribution in [3.8, 4) is 11.8 Å². The van der Waals surface area contributed by atoms with Crippen molar-refractivity contribution >= 4 is 46.6 Å². The number of allylic oxidation sites excluding steroid dienone is 2. The molecule has 2 N–H and O–H groups in total. The first-order valence-electron chi connectivity index (χ1n) is 11.1. The van der Waals surface area contributed by atoms with Crippen molar-refractivity contribution in [2.24, 2.45) is 0 Å². The number of thioether (sulfide) groups is 1. The Hall–Kier alpha value is -3.37. The van der Waals surface area contributed by atoms with Gasteiger partial charge in [0, 0.05) is 27.1 Å². The van der Waals surface area contributed by atoms with Crippen LogP contribution in [0.15, 0.2) is 94.7 Å². The number of rotatable bonds is 7. The third-order valence-electron chi connectivity index (χ3n) is 5.79. The zero-order chi connectivity index (χ0) is 25.7. The number of halogens is 2. The predicted molar refractivity (Wildman–Crippen MR) is 147 cm³/mol. The van der Waals surface area contributed by atoms with Crippen LogP contribution in [0.4, 0.5) is 5.69 Å². The Labute approximate surface area is 224 Å². The molecule has 3 aromatic carbocycles. The van der Waals surface area contributed by atoms with Crippen molar-refractivity contribution in [3.05, 3.63) is 116 Å². The van der Waals surface area contributed by atoms with Gasteiger partial charge in [-0.3, -0.25) is 4.79 Å². The summed E-state index contributed by atoms with van der Waals surface area (Å²) in [6, 6.07) is 24.4. The third-order valence-corrected chi connectivity index (χ3v) is 7.57. The van der Waals surface area contributed by atoms with E-state index in [-0.39, 0.29) is 5.91 Å². The van der Waals surface area contributed by atoms with Crippen molar-refractivity contribution in [1.29, 1.82) is 5.26 Å². The number of methoxy groups -OCH3 is 1. The summed E-state index contributed by atoms with van der Waals surface area (Å²) in [4.78, 5) is 13.7. The van der Waals surface area contributed by atoms with Gasteiger partial charge < -0.3 is 15.4 Å². The van der Waals surface area contributed by atoms with Gasteiger partial charge in [0.1, 0.15) is 5.75 Å². The smallest absolute Gasteiger partial charge is 0.254 e. The molecule has 0 bridgehead atoms. The molecule has 0 fully saturated rings. The summed E-state index contributed by atoms with van der Waals surface area (Å²) < 4.78 is 5.39. The molecule has 1 aliphatic heterocycles. The zero-order valence-electron chi connectivity index (χ0n) is 19.6. The lowest BCUT2D eigenvalue weighted by Crippen LogP contribution is -2.31. The van der Waals surface area contributed by atoms with Crippen molar-refractivity contribution < 1.29 is 9.53 Å². The van der Waals surface area contributed by atoms with Crippen LogP contribution in [0, 0.1) is 11.3 Å². The van der Waals surface area contributed by atoms with E-state index in [0.29, 0.717) is 54.7 Å². The van der Waals surface area contributed by atoms with E-state index >= 15 is 0 Å². The van der Waals surface area contributed by atoms with E-state index in [0.717, 1.165) is 5.56 Å². The van der Waals surface area contributed by atoms with Crippen LogP contribution in [0.3, 0.4) is 0 Å². The van der Waals surface area contributed by atoms with Gasteiger partial charge in [0.2, 0.25) is 0 Å². The van der Waals surface area contributed by atoms with Gasteiger partial charge in [-0.15, -0.1) is 11.8 Å². The SMILES string of the molecule is COc1ccccc1NC(=O)C1=C(C)NC(SCc2ccccc2Cl)=C(C#N)[C@H]1c1ccccc1Cl. The molecule has 0 aliphatic carbocycles. The number of hydrogen-bond donors (Lipinski definition) is 2. The maximum atomic E-state index is 13.7. The number of amides is 1. The highest BCUT2D eigenvalue weighted by Crippen LogP contribution is 2.44. The van der Waals surface area contributed by atoms with Crippen LogP contribution in [-0.4, -0.2) is 13.0 Å². The molecule has 0 unspecified atom stereocenters. The molecule has 182 valence electrons. The summed E-state index contributed by atoms with van der Waals surface area (Å²) in [7, 11) is 1.54. The van der Waals surface area contributed by atoms with Gasteiger partial charge in [0.05, 0.1) is 35.4 Å². The average Bonchev–Trinajstić information content (AvgIpc) is 2.88. The number of carbonyl (C=O) groups excluding carboxylic acids is 1. The number of nitriles is 1. The Morgan fingerprint density at radius 1 is 1.06 bits per heavy atom. The number of ether oxygens (including phenoxy) is 1. The summed E-state index contributed by atoms with van der Waals surface area (Å²) in [5, 5.41) is 18.3. The van der Waals surface area contributed by atoms with Crippen molar-refractivity contribution in [1.82, 2.24) is 5.32 Å². The first kappa shape index (κ1) is 25.7. The number of hydrogen-bond acceptors (Lipinski definition) is 5. The second-order valence-corrected chi connectivity index (χ2v) is 9.81. The van der Waals surface area contributed by atoms with E-state index in [1.165, 1.54) is 11.8 Å². The molecule has 0 spiro atoms. The highest BCUT2D eigenvalue weighted by atomic mass is 35.5. The minimum Gasteiger partial charge on any atom is -0.495 e. The van der Waals surface area contributed by atoms with Crippen molar-refractivity contribution in [3.63, 3.8) is 0 Å². The van der Waals surface area contributed by atoms with Gasteiger partial charge in [-0.1, -0.05) is 71.7 Å². The molecule has 8 heteroatoms. The molecule has 0 aromatic heterocycles. The summed E-state index contributed by atoms with van der Waals surface area (Å²) >= 11 is 14.4. The number of nitrogens with zero attached hydrogens (tertiary/aromatic N) is 1. The number of nitrogens with one attached hydrogen (secondary N) is 2. The Kier molecular flexibility index (Phi) is 8.27. The average molecular weight is 536 g/mol. The lowest BCUT2D eigenvalue weighted by molar-refractivity contribution is -0.113. The van der Waals surface area contributed by atoms with Crippen molar-refractivity contribution in [2.75, 3.05) is 12.4 Å². The Bertz CT molecular complexity index is 1410. The standard InChI is InChI=1S/C28H23Cl2N3O2S/c1-17-25(27(34)33-23-13-7-8-14-24(23)35-2)26(19-10-4-6-12-22(19)30)20(15-31)28(32-17)36-16-18-9-3-5-11-21(18)29/h3-14,26,32H,16H2,1-2H3,(H,33,34)/t26-/m1/s1. The molecule has 1 heterocycles. The number of carbonyl (C=O) groups is 1. The first-order chi connectivity index (χ1) is 17.4. The van der Waals surface area contributed by atoms with E-state index in [2.05, 4.69) is 16.7 Å². The minimum atomic E-state index is -0.659. The monoisotopic (exact) mass is 535 g/mol. The van der Waals surface area contributed by atoms with Crippen LogP contribution >= 0.6 is 35.0 Å². The zero-order valence-corrected chi connectivity index (χ0v) is 22.0. The summed E-state index contributed by atoms with van der Waals surface area (Å²) in [5.41, 5.74) is 3.62. The maximum Gasteiger partial charge on any atom is 0.254 e. The first-order valence-corrected chi connectivity index (χ1v) is 12.9. The van der Waals surface area contributed by atoms with Gasteiger partial charge in [-0.05, 0) is 42.3 Å². The molecular formula is C28H23Cl2N3O2S. The van der Waals surface area contributed by atoms with Crippen molar-refractivity contribution in [2.45, 2.75) is 18.6 Å². The number of benzene rings is 3. The van der Waals surface area contributed by atoms with Crippen LogP contribution in [-0.2, 0) is 10.5 Å². The van der Waals surface area contributed by atoms with Gasteiger partial charge in [0.25, 0.3) is 5.91 Å². The molecule has 0 saturated heterocycles. The van der Waals surface area contributed by atoms with Crippen LogP contribution in [0.2, 0.25) is 10.0 Å². The van der Waals surface area contributed by atoms with Crippen LogP contribution in [0.25, 0.3) is 0 Å². The van der Waals surface area contributed by atoms with Gasteiger partial charge in [0.15, 0.2) is 0 Å².